The van der Waals surface area contributed by atoms with Crippen LogP contribution in [0.5, 0.6) is 0 Å². The van der Waals surface area contributed by atoms with Gasteiger partial charge in [-0.25, -0.2) is 8.78 Å². The summed E-state index contributed by atoms with van der Waals surface area (Å²) in [5.41, 5.74) is 1.41. The molecule has 2 atom stereocenters. The Morgan fingerprint density at radius 1 is 0.941 bits per heavy atom. The molecule has 2 unspecified atom stereocenters. The molecule has 1 aliphatic rings. The van der Waals surface area contributed by atoms with Crippen molar-refractivity contribution in [2.45, 2.75) is 45.8 Å². The van der Waals surface area contributed by atoms with Gasteiger partial charge in [-0.2, -0.15) is 0 Å². The number of likely N-dealkylation sites (N-methyl/N-ethyl adjacent to an activating group) is 1. The van der Waals surface area contributed by atoms with Crippen LogP contribution >= 0.6 is 0 Å². The minimum atomic E-state index is -0.793. The molecule has 0 radical (unpaired) electrons. The number of carbonyl (C=O) groups is 5. The van der Waals surface area contributed by atoms with Crippen LogP contribution in [0.4, 0.5) is 8.78 Å². The first-order chi connectivity index (χ1) is 24.2. The van der Waals surface area contributed by atoms with E-state index < -0.39 is 71.8 Å². The van der Waals surface area contributed by atoms with Crippen molar-refractivity contribution in [3.05, 3.63) is 95.8 Å². The summed E-state index contributed by atoms with van der Waals surface area (Å²) < 4.78 is 31.2. The van der Waals surface area contributed by atoms with E-state index >= 15 is 4.39 Å². The molecule has 5 amide bonds. The van der Waals surface area contributed by atoms with Crippen molar-refractivity contribution in [1.29, 1.82) is 0 Å². The van der Waals surface area contributed by atoms with Crippen LogP contribution in [0.3, 0.4) is 0 Å². The second-order valence-corrected chi connectivity index (χ2v) is 13.3. The highest BCUT2D eigenvalue weighted by molar-refractivity contribution is 6.14. The lowest BCUT2D eigenvalue weighted by molar-refractivity contribution is -0.141. The lowest BCUT2D eigenvalue weighted by Gasteiger charge is -2.41. The minimum absolute atomic E-state index is 0.0402. The quantitative estimate of drug-likeness (QED) is 0.132. The number of carbonyl (C=O) groups excluding carboxylic acids is 5. The van der Waals surface area contributed by atoms with E-state index in [1.54, 1.807) is 19.3 Å². The summed E-state index contributed by atoms with van der Waals surface area (Å²) in [6.07, 6.45) is 4.03. The van der Waals surface area contributed by atoms with Gasteiger partial charge in [0, 0.05) is 61.3 Å². The predicted octanol–water partition coefficient (Wildman–Crippen LogP) is 2.53. The largest absolute Gasteiger partial charge is 0.387 e. The second kappa shape index (κ2) is 17.1. The number of hydrogen-bond acceptors (Lipinski definition) is 7. The lowest BCUT2D eigenvalue weighted by Crippen LogP contribution is -2.49. The number of imide groups is 1. The Labute approximate surface area is 295 Å². The molecule has 2 heterocycles. The van der Waals surface area contributed by atoms with E-state index in [4.69, 9.17) is 0 Å². The van der Waals surface area contributed by atoms with E-state index in [1.807, 2.05) is 55.7 Å². The lowest BCUT2D eigenvalue weighted by atomic mass is 9.82. The van der Waals surface area contributed by atoms with E-state index in [2.05, 4.69) is 16.0 Å². The minimum Gasteiger partial charge on any atom is -0.387 e. The number of aliphatic hydroxyl groups is 1. The third-order valence-corrected chi connectivity index (χ3v) is 8.51. The number of hydrogen-bond donors (Lipinski definition) is 4. The van der Waals surface area contributed by atoms with Crippen LogP contribution in [0, 0.1) is 17.0 Å². The van der Waals surface area contributed by atoms with Crippen molar-refractivity contribution in [3.63, 3.8) is 0 Å². The van der Waals surface area contributed by atoms with Crippen molar-refractivity contribution < 1.29 is 37.9 Å². The molecule has 1 aliphatic heterocycles. The van der Waals surface area contributed by atoms with Crippen LogP contribution in [0.15, 0.2) is 72.9 Å². The standard InChI is InChI=1S/C37H44F2N6O6/c1-37(2,3)35(30-18-25(27-19-26(38)10-11-28(27)39)21-43(30)20-24-8-6-5-7-9-24)44(34(50)23-46)17-14-29(40-4)36(51)42-16-15-41-31(47)22-45-32(48)12-13-33(45)49/h5-13,18-19,21,29,35,40,46H,14-17,20,22-23H2,1-4H3,(H,41,47)(H,42,51). The van der Waals surface area contributed by atoms with E-state index in [1.165, 1.54) is 4.90 Å². The maximum Gasteiger partial charge on any atom is 0.254 e. The number of nitrogens with one attached hydrogen (secondary N) is 3. The van der Waals surface area contributed by atoms with Gasteiger partial charge in [0.2, 0.25) is 17.7 Å². The van der Waals surface area contributed by atoms with Gasteiger partial charge in [-0.05, 0) is 48.7 Å². The zero-order valence-corrected chi connectivity index (χ0v) is 29.1. The molecule has 0 saturated heterocycles. The van der Waals surface area contributed by atoms with Gasteiger partial charge in [0.1, 0.15) is 24.8 Å². The molecular weight excluding hydrogens is 662 g/mol. The number of nitrogens with zero attached hydrogens (tertiary/aromatic N) is 3. The molecule has 4 N–H and O–H groups in total. The molecule has 3 aromatic rings. The number of rotatable bonds is 16. The van der Waals surface area contributed by atoms with E-state index in [0.29, 0.717) is 17.8 Å². The zero-order valence-electron chi connectivity index (χ0n) is 29.1. The van der Waals surface area contributed by atoms with E-state index in [9.17, 15) is 33.5 Å². The molecule has 12 nitrogen and oxygen atoms in total. The van der Waals surface area contributed by atoms with Crippen LogP contribution in [0.1, 0.15) is 44.5 Å². The van der Waals surface area contributed by atoms with Gasteiger partial charge in [-0.1, -0.05) is 51.1 Å². The predicted molar refractivity (Wildman–Crippen MR) is 186 cm³/mol. The summed E-state index contributed by atoms with van der Waals surface area (Å²) in [7, 11) is 1.59. The van der Waals surface area contributed by atoms with E-state index in [0.717, 1.165) is 40.8 Å². The van der Waals surface area contributed by atoms with Gasteiger partial charge < -0.3 is 30.5 Å². The van der Waals surface area contributed by atoms with Crippen molar-refractivity contribution in [2.24, 2.45) is 5.41 Å². The summed E-state index contributed by atoms with van der Waals surface area (Å²) in [5.74, 6) is -3.90. The van der Waals surface area contributed by atoms with Crippen molar-refractivity contribution in [2.75, 3.05) is 39.8 Å². The fourth-order valence-electron chi connectivity index (χ4n) is 6.07. The van der Waals surface area contributed by atoms with Crippen molar-refractivity contribution in [1.82, 2.24) is 30.3 Å². The number of amides is 5. The number of benzene rings is 2. The second-order valence-electron chi connectivity index (χ2n) is 13.3. The summed E-state index contributed by atoms with van der Waals surface area (Å²) >= 11 is 0. The van der Waals surface area contributed by atoms with E-state index in [-0.39, 0.29) is 31.6 Å². The molecule has 0 saturated carbocycles. The molecule has 0 aliphatic carbocycles. The van der Waals surface area contributed by atoms with Gasteiger partial charge in [0.15, 0.2) is 0 Å². The smallest absolute Gasteiger partial charge is 0.254 e. The highest BCUT2D eigenvalue weighted by atomic mass is 19.1. The molecule has 2 aromatic carbocycles. The maximum absolute atomic E-state index is 15.0. The molecule has 51 heavy (non-hydrogen) atoms. The van der Waals surface area contributed by atoms with Gasteiger partial charge in [-0.15, -0.1) is 0 Å². The summed E-state index contributed by atoms with van der Waals surface area (Å²) in [6.45, 7) is 5.06. The van der Waals surface area contributed by atoms with Crippen LogP contribution in [0.25, 0.3) is 11.1 Å². The fourth-order valence-corrected chi connectivity index (χ4v) is 6.07. The van der Waals surface area contributed by atoms with Gasteiger partial charge in [0.05, 0.1) is 12.1 Å². The molecule has 4 rings (SSSR count). The average Bonchev–Trinajstić information content (AvgIpc) is 3.64. The molecule has 0 fully saturated rings. The normalized spacial score (nSPS) is 14.1. The van der Waals surface area contributed by atoms with Crippen LogP contribution in [-0.2, 0) is 30.5 Å². The first-order valence-electron chi connectivity index (χ1n) is 16.6. The van der Waals surface area contributed by atoms with Crippen molar-refractivity contribution >= 4 is 29.5 Å². The number of halogens is 2. The first-order valence-corrected chi connectivity index (χ1v) is 16.6. The van der Waals surface area contributed by atoms with Crippen molar-refractivity contribution in [3.8, 4) is 11.1 Å². The Bertz CT molecular complexity index is 1750. The fraction of sp³-hybridized carbons (Fsp3) is 0.378. The highest BCUT2D eigenvalue weighted by Crippen LogP contribution is 2.41. The molecule has 272 valence electrons. The molecule has 1 aromatic heterocycles. The summed E-state index contributed by atoms with van der Waals surface area (Å²) in [4.78, 5) is 64.5. The Morgan fingerprint density at radius 3 is 2.24 bits per heavy atom. The third kappa shape index (κ3) is 9.95. The molecular formula is C37H44F2N6O6. The Morgan fingerprint density at radius 2 is 1.61 bits per heavy atom. The maximum atomic E-state index is 15.0. The molecule has 14 heteroatoms. The van der Waals surface area contributed by atoms with Gasteiger partial charge in [0.25, 0.3) is 11.8 Å². The topological polar surface area (TPSA) is 153 Å². The van der Waals surface area contributed by atoms with Crippen LogP contribution in [0.2, 0.25) is 0 Å². The Hall–Kier alpha value is -5.21. The molecule has 0 spiro atoms. The number of aliphatic hydroxyl groups excluding tert-OH is 1. The zero-order chi connectivity index (χ0) is 37.3. The summed E-state index contributed by atoms with van der Waals surface area (Å²) in [6, 6.07) is 13.1. The molecule has 0 bridgehead atoms. The van der Waals surface area contributed by atoms with Crippen LogP contribution in [-0.4, -0.2) is 94.9 Å². The third-order valence-electron chi connectivity index (χ3n) is 8.51. The SMILES string of the molecule is CNC(CCN(C(=O)CO)C(c1cc(-c2cc(F)ccc2F)cn1Cc1ccccc1)C(C)(C)C)C(=O)NCCNC(=O)CN1C(=O)C=CC1=O. The average molecular weight is 707 g/mol. The van der Waals surface area contributed by atoms with Gasteiger partial charge in [-0.3, -0.25) is 28.9 Å². The van der Waals surface area contributed by atoms with Crippen LogP contribution < -0.4 is 16.0 Å². The number of aromatic nitrogens is 1. The summed E-state index contributed by atoms with van der Waals surface area (Å²) in [5, 5.41) is 18.3. The highest BCUT2D eigenvalue weighted by Gasteiger charge is 2.37. The Balaban J connectivity index is 1.53. The first kappa shape index (κ1) is 38.6. The van der Waals surface area contributed by atoms with Gasteiger partial charge >= 0.3 is 0 Å². The monoisotopic (exact) mass is 706 g/mol. The Kier molecular flexibility index (Phi) is 13.0.